The van der Waals surface area contributed by atoms with Crippen LogP contribution in [0.3, 0.4) is 0 Å². The highest BCUT2D eigenvalue weighted by Crippen LogP contribution is 2.40. The highest BCUT2D eigenvalue weighted by atomic mass is 32.2. The Labute approximate surface area is 127 Å². The number of nitrogens with one attached hydrogen (secondary N) is 1. The molecular formula is C15H26N2O3S. The summed E-state index contributed by atoms with van der Waals surface area (Å²) in [7, 11) is -3.04. The van der Waals surface area contributed by atoms with Gasteiger partial charge < -0.3 is 4.90 Å². The van der Waals surface area contributed by atoms with E-state index in [-0.39, 0.29) is 23.4 Å². The number of hydrogen-bond donors (Lipinski definition) is 1. The molecule has 3 aliphatic rings. The molecule has 0 radical (unpaired) electrons. The summed E-state index contributed by atoms with van der Waals surface area (Å²) in [4.78, 5) is 14.7. The van der Waals surface area contributed by atoms with Gasteiger partial charge in [-0.15, -0.1) is 0 Å². The van der Waals surface area contributed by atoms with Crippen LogP contribution in [-0.2, 0) is 14.6 Å². The molecule has 1 spiro atoms. The summed E-state index contributed by atoms with van der Waals surface area (Å²) < 4.78 is 23.0. The fourth-order valence-corrected chi connectivity index (χ4v) is 4.84. The molecule has 2 saturated carbocycles. The summed E-state index contributed by atoms with van der Waals surface area (Å²) in [6.07, 6.45) is 10.1. The zero-order valence-corrected chi connectivity index (χ0v) is 13.6. The van der Waals surface area contributed by atoms with Gasteiger partial charge in [-0.05, 0) is 31.6 Å². The molecule has 0 bridgehead atoms. The second kappa shape index (κ2) is 5.54. The lowest BCUT2D eigenvalue weighted by Crippen LogP contribution is -2.46. The maximum Gasteiger partial charge on any atom is 0.244 e. The van der Waals surface area contributed by atoms with Crippen LogP contribution in [0.2, 0.25) is 0 Å². The average Bonchev–Trinajstić information content (AvgIpc) is 3.12. The largest absolute Gasteiger partial charge is 0.324 e. The molecule has 1 aliphatic heterocycles. The molecular weight excluding hydrogens is 288 g/mol. The van der Waals surface area contributed by atoms with Gasteiger partial charge >= 0.3 is 0 Å². The van der Waals surface area contributed by atoms with Crippen molar-refractivity contribution in [1.29, 1.82) is 0 Å². The van der Waals surface area contributed by atoms with E-state index in [1.807, 2.05) is 4.90 Å². The molecule has 1 atom stereocenters. The highest BCUT2D eigenvalue weighted by Gasteiger charge is 2.53. The smallest absolute Gasteiger partial charge is 0.244 e. The molecule has 1 unspecified atom stereocenters. The molecule has 1 amide bonds. The lowest BCUT2D eigenvalue weighted by molar-refractivity contribution is -0.133. The Morgan fingerprint density at radius 3 is 2.38 bits per heavy atom. The molecule has 0 aromatic rings. The second-order valence-corrected chi connectivity index (χ2v) is 9.31. The average molecular weight is 314 g/mol. The summed E-state index contributed by atoms with van der Waals surface area (Å²) >= 11 is 0. The molecule has 3 rings (SSSR count). The van der Waals surface area contributed by atoms with Crippen molar-refractivity contribution in [3.63, 3.8) is 0 Å². The lowest BCUT2D eigenvalue weighted by Gasteiger charge is -2.28. The molecule has 0 aromatic carbocycles. The topological polar surface area (TPSA) is 66.5 Å². The fraction of sp³-hybridized carbons (Fsp3) is 0.933. The standard InChI is InChI=1S/C15H26N2O3S/c1-21(19,20)11-10-17-13(12-6-2-3-7-12)16-15(14(17)18)8-4-5-9-15/h12-13,16H,2-11H2,1H3. The van der Waals surface area contributed by atoms with E-state index in [4.69, 9.17) is 0 Å². The maximum absolute atomic E-state index is 12.9. The van der Waals surface area contributed by atoms with Crippen molar-refractivity contribution in [3.8, 4) is 0 Å². The number of hydrogen-bond acceptors (Lipinski definition) is 4. The van der Waals surface area contributed by atoms with E-state index in [2.05, 4.69) is 5.32 Å². The van der Waals surface area contributed by atoms with Crippen LogP contribution in [0.25, 0.3) is 0 Å². The quantitative estimate of drug-likeness (QED) is 0.849. The van der Waals surface area contributed by atoms with Crippen LogP contribution in [0.15, 0.2) is 0 Å². The summed E-state index contributed by atoms with van der Waals surface area (Å²) in [5, 5.41) is 3.63. The maximum atomic E-state index is 12.9. The Balaban J connectivity index is 1.79. The third-order valence-corrected chi connectivity index (χ3v) is 6.36. The van der Waals surface area contributed by atoms with Gasteiger partial charge in [0.05, 0.1) is 17.5 Å². The van der Waals surface area contributed by atoms with E-state index in [0.717, 1.165) is 38.5 Å². The van der Waals surface area contributed by atoms with Gasteiger partial charge in [0.1, 0.15) is 9.84 Å². The van der Waals surface area contributed by atoms with Crippen molar-refractivity contribution < 1.29 is 13.2 Å². The molecule has 2 aliphatic carbocycles. The van der Waals surface area contributed by atoms with Gasteiger partial charge in [-0.25, -0.2) is 8.42 Å². The molecule has 1 N–H and O–H groups in total. The second-order valence-electron chi connectivity index (χ2n) is 7.05. The number of amides is 1. The number of rotatable bonds is 4. The van der Waals surface area contributed by atoms with Crippen LogP contribution in [0.4, 0.5) is 0 Å². The minimum absolute atomic E-state index is 0.0554. The first kappa shape index (κ1) is 15.3. The normalized spacial score (nSPS) is 29.9. The third-order valence-electron chi connectivity index (χ3n) is 5.44. The first-order valence-corrected chi connectivity index (χ1v) is 10.2. The Kier molecular flexibility index (Phi) is 4.03. The highest BCUT2D eigenvalue weighted by molar-refractivity contribution is 7.90. The van der Waals surface area contributed by atoms with Gasteiger partial charge in [-0.2, -0.15) is 0 Å². The Morgan fingerprint density at radius 2 is 1.81 bits per heavy atom. The number of carbonyl (C=O) groups excluding carboxylic acids is 1. The van der Waals surface area contributed by atoms with Gasteiger partial charge in [0.15, 0.2) is 0 Å². The zero-order chi connectivity index (χ0) is 15.1. The van der Waals surface area contributed by atoms with Crippen molar-refractivity contribution in [2.24, 2.45) is 5.92 Å². The minimum Gasteiger partial charge on any atom is -0.324 e. The van der Waals surface area contributed by atoms with Crippen LogP contribution >= 0.6 is 0 Å². The molecule has 5 nitrogen and oxygen atoms in total. The van der Waals surface area contributed by atoms with Crippen LogP contribution < -0.4 is 5.32 Å². The Hall–Kier alpha value is -0.620. The summed E-state index contributed by atoms with van der Waals surface area (Å²) in [6.45, 7) is 0.341. The van der Waals surface area contributed by atoms with E-state index in [0.29, 0.717) is 12.5 Å². The summed E-state index contributed by atoms with van der Waals surface area (Å²) in [5.41, 5.74) is -0.384. The van der Waals surface area contributed by atoms with E-state index in [1.165, 1.54) is 19.1 Å². The summed E-state index contributed by atoms with van der Waals surface area (Å²) in [6, 6.07) is 0. The van der Waals surface area contributed by atoms with E-state index >= 15 is 0 Å². The first-order valence-electron chi connectivity index (χ1n) is 8.18. The number of nitrogens with zero attached hydrogens (tertiary/aromatic N) is 1. The van der Waals surface area contributed by atoms with Gasteiger partial charge in [-0.1, -0.05) is 25.7 Å². The molecule has 21 heavy (non-hydrogen) atoms. The molecule has 1 saturated heterocycles. The van der Waals surface area contributed by atoms with Gasteiger partial charge in [0.25, 0.3) is 0 Å². The van der Waals surface area contributed by atoms with Crippen molar-refractivity contribution in [1.82, 2.24) is 10.2 Å². The van der Waals surface area contributed by atoms with Crippen molar-refractivity contribution in [2.45, 2.75) is 63.1 Å². The first-order chi connectivity index (χ1) is 9.91. The van der Waals surface area contributed by atoms with Gasteiger partial charge in [0, 0.05) is 12.8 Å². The molecule has 3 fully saturated rings. The molecule has 0 aromatic heterocycles. The van der Waals surface area contributed by atoms with Gasteiger partial charge in [0.2, 0.25) is 5.91 Å². The fourth-order valence-electron chi connectivity index (χ4n) is 4.31. The van der Waals surface area contributed by atoms with Crippen LogP contribution in [0.5, 0.6) is 0 Å². The minimum atomic E-state index is -3.04. The predicted molar refractivity (Wildman–Crippen MR) is 81.5 cm³/mol. The predicted octanol–water partition coefficient (Wildman–Crippen LogP) is 1.29. The van der Waals surface area contributed by atoms with E-state index in [9.17, 15) is 13.2 Å². The summed E-state index contributed by atoms with van der Waals surface area (Å²) in [5.74, 6) is 0.716. The lowest BCUT2D eigenvalue weighted by atomic mass is 9.97. The third kappa shape index (κ3) is 2.97. The van der Waals surface area contributed by atoms with Crippen LogP contribution in [0.1, 0.15) is 51.4 Å². The molecule has 6 heteroatoms. The Bertz CT molecular complexity index is 505. The van der Waals surface area contributed by atoms with Crippen LogP contribution in [0, 0.1) is 5.92 Å². The van der Waals surface area contributed by atoms with E-state index in [1.54, 1.807) is 0 Å². The van der Waals surface area contributed by atoms with Crippen LogP contribution in [-0.4, -0.2) is 49.5 Å². The number of sulfone groups is 1. The zero-order valence-electron chi connectivity index (χ0n) is 12.8. The molecule has 120 valence electrons. The SMILES string of the molecule is CS(=O)(=O)CCN1C(=O)C2(CCCC2)NC1C1CCCC1. The van der Waals surface area contributed by atoms with E-state index < -0.39 is 9.84 Å². The van der Waals surface area contributed by atoms with Crippen molar-refractivity contribution >= 4 is 15.7 Å². The monoisotopic (exact) mass is 314 g/mol. The number of carbonyl (C=O) groups is 1. The Morgan fingerprint density at radius 1 is 1.19 bits per heavy atom. The van der Waals surface area contributed by atoms with Crippen molar-refractivity contribution in [2.75, 3.05) is 18.6 Å². The molecule has 1 heterocycles. The van der Waals surface area contributed by atoms with Gasteiger partial charge in [-0.3, -0.25) is 10.1 Å². The van der Waals surface area contributed by atoms with Crippen molar-refractivity contribution in [3.05, 3.63) is 0 Å².